The van der Waals surface area contributed by atoms with Crippen LogP contribution in [0.3, 0.4) is 0 Å². The van der Waals surface area contributed by atoms with Crippen molar-refractivity contribution in [1.82, 2.24) is 8.97 Å². The summed E-state index contributed by atoms with van der Waals surface area (Å²) in [6, 6.07) is 5.43. The van der Waals surface area contributed by atoms with Crippen molar-refractivity contribution >= 4 is 29.5 Å². The lowest BCUT2D eigenvalue weighted by Gasteiger charge is -2.16. The number of rotatable bonds is 3. The Labute approximate surface area is 159 Å². The zero-order valence-electron chi connectivity index (χ0n) is 14.1. The maximum absolute atomic E-state index is 13.3. The Hall–Kier alpha value is -2.31. The second-order valence-corrected chi connectivity index (χ2v) is 6.54. The number of hydrogen-bond donors (Lipinski definition) is 1. The molecule has 0 unspecified atom stereocenters. The molecule has 8 heteroatoms. The molecule has 0 atom stereocenters. The van der Waals surface area contributed by atoms with Crippen LogP contribution in [0.15, 0.2) is 46.2 Å². The number of fused-ring (bicyclic) bond motifs is 1. The number of hydrogen-bond acceptors (Lipinski definition) is 3. The van der Waals surface area contributed by atoms with E-state index in [0.717, 1.165) is 5.69 Å². The molecule has 0 saturated carbocycles. The molecule has 0 radical (unpaired) electrons. The summed E-state index contributed by atoms with van der Waals surface area (Å²) in [5.41, 5.74) is 0.171. The molecular weight excluding hydrogens is 382 g/mol. The van der Waals surface area contributed by atoms with E-state index in [1.54, 1.807) is 6.20 Å². The molecule has 26 heavy (non-hydrogen) atoms. The largest absolute Gasteiger partial charge is 0.503 e. The zero-order valence-corrected chi connectivity index (χ0v) is 15.6. The number of aromatic nitrogens is 2. The van der Waals surface area contributed by atoms with Gasteiger partial charge in [-0.2, -0.15) is 0 Å². The van der Waals surface area contributed by atoms with Gasteiger partial charge in [-0.05, 0) is 23.6 Å². The standard InChI is InChI=1S/C18H16ClFN2O3.ClH/c1-10(2)14-9-21(8-11-3-4-13(20)12(19)7-11)18(25)16-17(24)15(23)5-6-22(14)16;/h3-7,9-10,24H,8H2,1-2H3;1H. The molecule has 1 N–H and O–H groups in total. The van der Waals surface area contributed by atoms with Crippen LogP contribution in [0.4, 0.5) is 4.39 Å². The Kier molecular flexibility index (Phi) is 5.78. The minimum atomic E-state index is -0.616. The van der Waals surface area contributed by atoms with E-state index in [0.29, 0.717) is 5.56 Å². The second kappa shape index (κ2) is 7.51. The lowest BCUT2D eigenvalue weighted by molar-refractivity contribution is 0.471. The van der Waals surface area contributed by atoms with Crippen LogP contribution in [0, 0.1) is 5.82 Å². The van der Waals surface area contributed by atoms with Crippen molar-refractivity contribution in [2.75, 3.05) is 0 Å². The van der Waals surface area contributed by atoms with Gasteiger partial charge >= 0.3 is 0 Å². The molecule has 0 amide bonds. The summed E-state index contributed by atoms with van der Waals surface area (Å²) in [6.45, 7) is 4.01. The smallest absolute Gasteiger partial charge is 0.279 e. The molecule has 0 aliphatic carbocycles. The first-order valence-corrected chi connectivity index (χ1v) is 8.09. The van der Waals surface area contributed by atoms with Crippen LogP contribution in [0.25, 0.3) is 5.52 Å². The number of aromatic hydroxyl groups is 1. The van der Waals surface area contributed by atoms with Crippen molar-refractivity contribution in [2.24, 2.45) is 0 Å². The Morgan fingerprint density at radius 2 is 1.92 bits per heavy atom. The van der Waals surface area contributed by atoms with Crippen molar-refractivity contribution in [2.45, 2.75) is 26.3 Å². The van der Waals surface area contributed by atoms with Crippen LogP contribution < -0.4 is 11.0 Å². The summed E-state index contributed by atoms with van der Waals surface area (Å²) in [7, 11) is 0. The van der Waals surface area contributed by atoms with Crippen LogP contribution >= 0.6 is 24.0 Å². The van der Waals surface area contributed by atoms with E-state index in [2.05, 4.69) is 0 Å². The summed E-state index contributed by atoms with van der Waals surface area (Å²) in [4.78, 5) is 24.5. The van der Waals surface area contributed by atoms with Gasteiger partial charge in [0, 0.05) is 24.2 Å². The molecule has 1 aromatic carbocycles. The van der Waals surface area contributed by atoms with Gasteiger partial charge in [-0.25, -0.2) is 4.39 Å². The summed E-state index contributed by atoms with van der Waals surface area (Å²) in [6.07, 6.45) is 3.15. The molecule has 138 valence electrons. The number of nitrogens with zero attached hydrogens (tertiary/aromatic N) is 2. The van der Waals surface area contributed by atoms with Crippen molar-refractivity contribution in [3.8, 4) is 5.75 Å². The highest BCUT2D eigenvalue weighted by Gasteiger charge is 2.16. The Morgan fingerprint density at radius 3 is 2.54 bits per heavy atom. The maximum Gasteiger partial charge on any atom is 0.279 e. The molecule has 0 saturated heterocycles. The summed E-state index contributed by atoms with van der Waals surface area (Å²) in [5.74, 6) is -1.09. The van der Waals surface area contributed by atoms with Crippen LogP contribution in [0.1, 0.15) is 31.0 Å². The molecule has 0 bridgehead atoms. The first-order valence-electron chi connectivity index (χ1n) is 7.71. The predicted octanol–water partition coefficient (Wildman–Crippen LogP) is 3.55. The Bertz CT molecular complexity index is 1090. The minimum absolute atomic E-state index is 0. The molecule has 3 aromatic rings. The van der Waals surface area contributed by atoms with E-state index in [9.17, 15) is 19.1 Å². The molecule has 0 spiro atoms. The highest BCUT2D eigenvalue weighted by molar-refractivity contribution is 6.30. The average molecular weight is 399 g/mol. The average Bonchev–Trinajstić information content (AvgIpc) is 2.56. The summed E-state index contributed by atoms with van der Waals surface area (Å²) in [5, 5.41) is 10.1. The fraction of sp³-hybridized carbons (Fsp3) is 0.222. The Morgan fingerprint density at radius 1 is 1.23 bits per heavy atom. The minimum Gasteiger partial charge on any atom is -0.503 e. The van der Waals surface area contributed by atoms with Crippen LogP contribution in [0.5, 0.6) is 5.75 Å². The highest BCUT2D eigenvalue weighted by Crippen LogP contribution is 2.20. The third-order valence-corrected chi connectivity index (χ3v) is 4.32. The van der Waals surface area contributed by atoms with Crippen LogP contribution in [-0.4, -0.2) is 14.1 Å². The van der Waals surface area contributed by atoms with Crippen molar-refractivity contribution in [1.29, 1.82) is 0 Å². The third-order valence-electron chi connectivity index (χ3n) is 4.03. The zero-order chi connectivity index (χ0) is 18.3. The van der Waals surface area contributed by atoms with E-state index in [4.69, 9.17) is 11.6 Å². The van der Waals surface area contributed by atoms with Crippen LogP contribution in [-0.2, 0) is 6.54 Å². The van der Waals surface area contributed by atoms with Gasteiger partial charge in [-0.3, -0.25) is 9.59 Å². The molecule has 0 aliphatic rings. The number of benzene rings is 1. The van der Waals surface area contributed by atoms with E-state index in [1.807, 2.05) is 13.8 Å². The Balaban J connectivity index is 0.00000243. The monoisotopic (exact) mass is 398 g/mol. The molecule has 2 heterocycles. The number of pyridine rings is 1. The molecule has 5 nitrogen and oxygen atoms in total. The van der Waals surface area contributed by atoms with E-state index in [-0.39, 0.29) is 35.4 Å². The molecule has 2 aromatic heterocycles. The van der Waals surface area contributed by atoms with Gasteiger partial charge in [0.15, 0.2) is 11.3 Å². The van der Waals surface area contributed by atoms with Gasteiger partial charge in [-0.15, -0.1) is 12.4 Å². The molecular formula is C18H17Cl2FN2O3. The first-order chi connectivity index (χ1) is 11.8. The van der Waals surface area contributed by atoms with Crippen molar-refractivity contribution < 1.29 is 9.50 Å². The third kappa shape index (κ3) is 3.48. The molecule has 0 aliphatic heterocycles. The second-order valence-electron chi connectivity index (χ2n) is 6.14. The van der Waals surface area contributed by atoms with Gasteiger partial charge in [0.05, 0.1) is 11.6 Å². The van der Waals surface area contributed by atoms with Gasteiger partial charge in [-0.1, -0.05) is 31.5 Å². The summed E-state index contributed by atoms with van der Waals surface area (Å²) < 4.78 is 16.2. The molecule has 3 rings (SSSR count). The number of halogens is 3. The van der Waals surface area contributed by atoms with Crippen LogP contribution in [0.2, 0.25) is 5.02 Å². The first kappa shape index (κ1) is 20.0. The maximum atomic E-state index is 13.3. The fourth-order valence-corrected chi connectivity index (χ4v) is 2.95. The van der Waals surface area contributed by atoms with Crippen molar-refractivity contribution in [3.63, 3.8) is 0 Å². The fourth-order valence-electron chi connectivity index (χ4n) is 2.74. The lowest BCUT2D eigenvalue weighted by atomic mass is 10.1. The van der Waals surface area contributed by atoms with Crippen molar-refractivity contribution in [3.05, 3.63) is 79.3 Å². The highest BCUT2D eigenvalue weighted by atomic mass is 35.5. The quantitative estimate of drug-likeness (QED) is 0.733. The predicted molar refractivity (Wildman–Crippen MR) is 101 cm³/mol. The van der Waals surface area contributed by atoms with E-state index < -0.39 is 22.6 Å². The van der Waals surface area contributed by atoms with Gasteiger partial charge in [0.2, 0.25) is 5.43 Å². The SMILES string of the molecule is CC(C)c1cn(Cc2ccc(F)c(Cl)c2)c(=O)c2c(O)c(=O)ccn12.Cl. The van der Waals surface area contributed by atoms with E-state index >= 15 is 0 Å². The lowest BCUT2D eigenvalue weighted by Crippen LogP contribution is -2.26. The van der Waals surface area contributed by atoms with Gasteiger partial charge in [0.25, 0.3) is 5.56 Å². The van der Waals surface area contributed by atoms with Gasteiger partial charge < -0.3 is 14.1 Å². The van der Waals surface area contributed by atoms with E-state index in [1.165, 1.54) is 39.4 Å². The molecule has 0 fully saturated rings. The summed E-state index contributed by atoms with van der Waals surface area (Å²) >= 11 is 5.79. The van der Waals surface area contributed by atoms with Gasteiger partial charge in [0.1, 0.15) is 5.82 Å². The normalized spacial score (nSPS) is 11.0. The topological polar surface area (TPSA) is 63.7 Å².